The summed E-state index contributed by atoms with van der Waals surface area (Å²) < 4.78 is 0. The summed E-state index contributed by atoms with van der Waals surface area (Å²) in [6.07, 6.45) is 4.41. The molecule has 2 amide bonds. The van der Waals surface area contributed by atoms with E-state index in [4.69, 9.17) is 0 Å². The summed E-state index contributed by atoms with van der Waals surface area (Å²) in [7, 11) is 0. The van der Waals surface area contributed by atoms with Crippen LogP contribution in [-0.2, 0) is 9.59 Å². The van der Waals surface area contributed by atoms with Gasteiger partial charge in [0.1, 0.15) is 0 Å². The van der Waals surface area contributed by atoms with Crippen molar-refractivity contribution in [2.24, 2.45) is 5.92 Å². The monoisotopic (exact) mass is 281 g/mol. The van der Waals surface area contributed by atoms with Crippen molar-refractivity contribution in [2.45, 2.75) is 45.6 Å². The lowest BCUT2D eigenvalue weighted by atomic mass is 10.0. The van der Waals surface area contributed by atoms with Gasteiger partial charge in [-0.3, -0.25) is 14.5 Å². The second-order valence-electron chi connectivity index (χ2n) is 6.33. The number of carbonyl (C=O) groups is 2. The Morgan fingerprint density at radius 2 is 1.85 bits per heavy atom. The predicted molar refractivity (Wildman–Crippen MR) is 78.3 cm³/mol. The van der Waals surface area contributed by atoms with Crippen molar-refractivity contribution >= 4 is 11.8 Å². The van der Waals surface area contributed by atoms with Crippen molar-refractivity contribution in [1.29, 1.82) is 0 Å². The average Bonchev–Trinajstić information content (AvgIpc) is 2.86. The van der Waals surface area contributed by atoms with Crippen LogP contribution in [0, 0.1) is 5.92 Å². The van der Waals surface area contributed by atoms with E-state index >= 15 is 0 Å². The molecule has 0 bridgehead atoms. The fraction of sp³-hybridized carbons (Fsp3) is 0.867. The molecule has 0 spiro atoms. The first-order valence-electron chi connectivity index (χ1n) is 7.87. The third kappa shape index (κ3) is 4.20. The van der Waals surface area contributed by atoms with Crippen molar-refractivity contribution < 1.29 is 9.59 Å². The first kappa shape index (κ1) is 15.3. The van der Waals surface area contributed by atoms with Gasteiger partial charge in [0, 0.05) is 25.7 Å². The highest BCUT2D eigenvalue weighted by molar-refractivity contribution is 5.80. The lowest BCUT2D eigenvalue weighted by molar-refractivity contribution is -0.136. The van der Waals surface area contributed by atoms with Crippen LogP contribution in [0.1, 0.15) is 39.5 Å². The maximum Gasteiger partial charge on any atom is 0.234 e. The lowest BCUT2D eigenvalue weighted by Crippen LogP contribution is -2.42. The summed E-state index contributed by atoms with van der Waals surface area (Å²) in [6, 6.07) is 0.177. The molecule has 5 heteroatoms. The molecular formula is C15H27N3O2. The smallest absolute Gasteiger partial charge is 0.234 e. The van der Waals surface area contributed by atoms with Crippen molar-refractivity contribution in [1.82, 2.24) is 15.1 Å². The average molecular weight is 281 g/mol. The summed E-state index contributed by atoms with van der Waals surface area (Å²) in [6.45, 7) is 7.78. The first-order valence-corrected chi connectivity index (χ1v) is 7.87. The standard InChI is InChI=1S/C15H27N3O2/c1-12(2)16-14(19)11-17-9-6-13(10-17)15(20)18-7-4-3-5-8-18/h12-13H,3-11H2,1-2H3,(H,16,19). The molecule has 2 aliphatic heterocycles. The van der Waals surface area contributed by atoms with E-state index in [2.05, 4.69) is 10.2 Å². The molecule has 2 fully saturated rings. The van der Waals surface area contributed by atoms with Crippen LogP contribution in [0.15, 0.2) is 0 Å². The van der Waals surface area contributed by atoms with Crippen LogP contribution in [0.3, 0.4) is 0 Å². The molecule has 0 aliphatic carbocycles. The molecule has 2 saturated heterocycles. The van der Waals surface area contributed by atoms with Gasteiger partial charge in [-0.1, -0.05) is 0 Å². The molecule has 1 atom stereocenters. The van der Waals surface area contributed by atoms with Crippen LogP contribution in [-0.4, -0.2) is 60.4 Å². The van der Waals surface area contributed by atoms with E-state index in [1.54, 1.807) is 0 Å². The third-order valence-corrected chi connectivity index (χ3v) is 4.11. The fourth-order valence-electron chi connectivity index (χ4n) is 3.12. The molecule has 0 aromatic heterocycles. The van der Waals surface area contributed by atoms with Gasteiger partial charge in [0.25, 0.3) is 0 Å². The minimum atomic E-state index is 0.0612. The summed E-state index contributed by atoms with van der Waals surface area (Å²) in [5.74, 6) is 0.461. The Kier molecular flexibility index (Phi) is 5.40. The van der Waals surface area contributed by atoms with Crippen LogP contribution in [0.2, 0.25) is 0 Å². The van der Waals surface area contributed by atoms with E-state index in [0.717, 1.165) is 45.4 Å². The van der Waals surface area contributed by atoms with Gasteiger partial charge in [0.05, 0.1) is 12.5 Å². The van der Waals surface area contributed by atoms with E-state index < -0.39 is 0 Å². The fourth-order valence-corrected chi connectivity index (χ4v) is 3.12. The Bertz CT molecular complexity index is 351. The predicted octanol–water partition coefficient (Wildman–Crippen LogP) is 0.845. The minimum Gasteiger partial charge on any atom is -0.353 e. The number of piperidine rings is 1. The van der Waals surface area contributed by atoms with E-state index in [1.807, 2.05) is 18.7 Å². The summed E-state index contributed by atoms with van der Waals surface area (Å²) in [4.78, 5) is 28.3. The van der Waals surface area contributed by atoms with Crippen molar-refractivity contribution in [3.05, 3.63) is 0 Å². The van der Waals surface area contributed by atoms with Crippen LogP contribution >= 0.6 is 0 Å². The second-order valence-corrected chi connectivity index (χ2v) is 6.33. The van der Waals surface area contributed by atoms with Crippen LogP contribution < -0.4 is 5.32 Å². The second kappa shape index (κ2) is 7.07. The molecule has 0 radical (unpaired) electrons. The summed E-state index contributed by atoms with van der Waals surface area (Å²) in [5.41, 5.74) is 0. The number of rotatable bonds is 4. The highest BCUT2D eigenvalue weighted by Crippen LogP contribution is 2.20. The Hall–Kier alpha value is -1.10. The van der Waals surface area contributed by atoms with E-state index in [1.165, 1.54) is 6.42 Å². The quantitative estimate of drug-likeness (QED) is 0.831. The molecular weight excluding hydrogens is 254 g/mol. The number of nitrogens with one attached hydrogen (secondary N) is 1. The number of nitrogens with zero attached hydrogens (tertiary/aromatic N) is 2. The molecule has 2 aliphatic rings. The topological polar surface area (TPSA) is 52.7 Å². The van der Waals surface area contributed by atoms with Gasteiger partial charge in [-0.05, 0) is 46.1 Å². The van der Waals surface area contributed by atoms with Crippen LogP contribution in [0.25, 0.3) is 0 Å². The number of hydrogen-bond acceptors (Lipinski definition) is 3. The highest BCUT2D eigenvalue weighted by atomic mass is 16.2. The molecule has 5 nitrogen and oxygen atoms in total. The maximum atomic E-state index is 12.4. The number of amides is 2. The van der Waals surface area contributed by atoms with Crippen molar-refractivity contribution in [3.8, 4) is 0 Å². The molecule has 1 unspecified atom stereocenters. The molecule has 1 N–H and O–H groups in total. The van der Waals surface area contributed by atoms with Gasteiger partial charge in [-0.15, -0.1) is 0 Å². The molecule has 114 valence electrons. The molecule has 2 heterocycles. The van der Waals surface area contributed by atoms with Gasteiger partial charge in [-0.25, -0.2) is 0 Å². The van der Waals surface area contributed by atoms with Crippen LogP contribution in [0.5, 0.6) is 0 Å². The highest BCUT2D eigenvalue weighted by Gasteiger charge is 2.32. The van der Waals surface area contributed by atoms with E-state index in [9.17, 15) is 9.59 Å². The van der Waals surface area contributed by atoms with Crippen LogP contribution in [0.4, 0.5) is 0 Å². The van der Waals surface area contributed by atoms with Crippen molar-refractivity contribution in [2.75, 3.05) is 32.7 Å². The Morgan fingerprint density at radius 1 is 1.15 bits per heavy atom. The molecule has 0 aromatic carbocycles. The molecule has 20 heavy (non-hydrogen) atoms. The number of hydrogen-bond donors (Lipinski definition) is 1. The zero-order valence-corrected chi connectivity index (χ0v) is 12.7. The van der Waals surface area contributed by atoms with Gasteiger partial charge in [0.2, 0.25) is 11.8 Å². The Morgan fingerprint density at radius 3 is 2.50 bits per heavy atom. The lowest BCUT2D eigenvalue weighted by Gasteiger charge is -2.29. The van der Waals surface area contributed by atoms with E-state index in [-0.39, 0.29) is 17.9 Å². The summed E-state index contributed by atoms with van der Waals surface area (Å²) >= 11 is 0. The normalized spacial score (nSPS) is 24.1. The summed E-state index contributed by atoms with van der Waals surface area (Å²) in [5, 5.41) is 2.90. The Labute approximate surface area is 121 Å². The molecule has 2 rings (SSSR count). The number of likely N-dealkylation sites (tertiary alicyclic amines) is 2. The van der Waals surface area contributed by atoms with Gasteiger partial charge >= 0.3 is 0 Å². The van der Waals surface area contributed by atoms with Gasteiger partial charge < -0.3 is 10.2 Å². The van der Waals surface area contributed by atoms with Gasteiger partial charge in [-0.2, -0.15) is 0 Å². The first-order chi connectivity index (χ1) is 9.56. The zero-order chi connectivity index (χ0) is 14.5. The number of carbonyl (C=O) groups excluding carboxylic acids is 2. The minimum absolute atomic E-state index is 0.0612. The van der Waals surface area contributed by atoms with Crippen molar-refractivity contribution in [3.63, 3.8) is 0 Å². The molecule has 0 saturated carbocycles. The zero-order valence-electron chi connectivity index (χ0n) is 12.7. The maximum absolute atomic E-state index is 12.4. The third-order valence-electron chi connectivity index (χ3n) is 4.11. The van der Waals surface area contributed by atoms with E-state index in [0.29, 0.717) is 12.5 Å². The Balaban J connectivity index is 1.76. The largest absolute Gasteiger partial charge is 0.353 e. The van der Waals surface area contributed by atoms with Gasteiger partial charge in [0.15, 0.2) is 0 Å². The SMILES string of the molecule is CC(C)NC(=O)CN1CCC(C(=O)N2CCCCC2)C1. The molecule has 0 aromatic rings.